The van der Waals surface area contributed by atoms with Crippen LogP contribution in [0.25, 0.3) is 10.9 Å². The molecule has 1 aliphatic heterocycles. The van der Waals surface area contributed by atoms with Crippen LogP contribution >= 0.6 is 11.6 Å². The van der Waals surface area contributed by atoms with Crippen LogP contribution in [0.5, 0.6) is 0 Å². The first kappa shape index (κ1) is 12.9. The molecule has 1 unspecified atom stereocenters. The van der Waals surface area contributed by atoms with Crippen LogP contribution in [0.3, 0.4) is 0 Å². The molecular formula is C14H12ClN3O2. The molecule has 0 saturated carbocycles. The summed E-state index contributed by atoms with van der Waals surface area (Å²) >= 11 is 6.04. The van der Waals surface area contributed by atoms with Crippen molar-refractivity contribution in [1.82, 2.24) is 10.3 Å². The summed E-state index contributed by atoms with van der Waals surface area (Å²) in [6.07, 6.45) is 1.88. The first-order valence-corrected chi connectivity index (χ1v) is 6.63. The van der Waals surface area contributed by atoms with Crippen molar-refractivity contribution in [1.29, 1.82) is 0 Å². The van der Waals surface area contributed by atoms with E-state index in [-0.39, 0.29) is 24.2 Å². The molecule has 2 N–H and O–H groups in total. The lowest BCUT2D eigenvalue weighted by atomic mass is 10.1. The van der Waals surface area contributed by atoms with Crippen LogP contribution in [-0.2, 0) is 9.59 Å². The normalized spacial score (nSPS) is 18.1. The number of aromatic nitrogens is 1. The molecule has 1 aromatic heterocycles. The number of amides is 2. The molecule has 2 aromatic rings. The van der Waals surface area contributed by atoms with Gasteiger partial charge in [-0.3, -0.25) is 14.6 Å². The first-order chi connectivity index (χ1) is 9.63. The summed E-state index contributed by atoms with van der Waals surface area (Å²) in [5.41, 5.74) is 1.25. The first-order valence-electron chi connectivity index (χ1n) is 6.25. The van der Waals surface area contributed by atoms with Crippen LogP contribution in [-0.4, -0.2) is 23.3 Å². The lowest BCUT2D eigenvalue weighted by Gasteiger charge is -2.11. The summed E-state index contributed by atoms with van der Waals surface area (Å²) < 4.78 is 0. The van der Waals surface area contributed by atoms with E-state index in [0.717, 1.165) is 5.39 Å². The highest BCUT2D eigenvalue weighted by molar-refractivity contribution is 6.32. The number of nitrogens with one attached hydrogen (secondary N) is 2. The molecule has 1 aliphatic rings. The van der Waals surface area contributed by atoms with Crippen molar-refractivity contribution in [2.24, 2.45) is 5.92 Å². The van der Waals surface area contributed by atoms with Gasteiger partial charge in [-0.15, -0.1) is 0 Å². The van der Waals surface area contributed by atoms with E-state index in [9.17, 15) is 9.59 Å². The third kappa shape index (κ3) is 2.44. The number of anilines is 1. The topological polar surface area (TPSA) is 71.1 Å². The molecule has 102 valence electrons. The van der Waals surface area contributed by atoms with Gasteiger partial charge in [-0.05, 0) is 18.2 Å². The van der Waals surface area contributed by atoms with Crippen LogP contribution in [0.4, 0.5) is 5.69 Å². The summed E-state index contributed by atoms with van der Waals surface area (Å²) in [7, 11) is 0. The molecule has 0 bridgehead atoms. The average Bonchev–Trinajstić information content (AvgIpc) is 2.85. The minimum Gasteiger partial charge on any atom is -0.355 e. The van der Waals surface area contributed by atoms with Crippen molar-refractivity contribution in [2.75, 3.05) is 11.9 Å². The quantitative estimate of drug-likeness (QED) is 0.888. The standard InChI is InChI=1S/C14H12ClN3O2/c15-10-4-8-2-1-3-16-13(8)11(6-10)18-14(20)9-5-12(19)17-7-9/h1-4,6,9H,5,7H2,(H,17,19)(H,18,20). The summed E-state index contributed by atoms with van der Waals surface area (Å²) in [5, 5.41) is 6.84. The van der Waals surface area contributed by atoms with Gasteiger partial charge < -0.3 is 10.6 Å². The van der Waals surface area contributed by atoms with Gasteiger partial charge in [0.15, 0.2) is 0 Å². The van der Waals surface area contributed by atoms with Gasteiger partial charge in [0, 0.05) is 29.6 Å². The Morgan fingerprint density at radius 3 is 3.05 bits per heavy atom. The minimum absolute atomic E-state index is 0.0979. The van der Waals surface area contributed by atoms with Gasteiger partial charge in [-0.25, -0.2) is 0 Å². The average molecular weight is 290 g/mol. The predicted molar refractivity (Wildman–Crippen MR) is 76.5 cm³/mol. The van der Waals surface area contributed by atoms with Crippen LogP contribution in [0, 0.1) is 5.92 Å². The summed E-state index contributed by atoms with van der Waals surface area (Å²) in [4.78, 5) is 27.6. The lowest BCUT2D eigenvalue weighted by molar-refractivity contribution is -0.123. The number of pyridine rings is 1. The molecule has 0 spiro atoms. The molecular weight excluding hydrogens is 278 g/mol. The fourth-order valence-electron chi connectivity index (χ4n) is 2.28. The Balaban J connectivity index is 1.90. The van der Waals surface area contributed by atoms with Gasteiger partial charge in [0.05, 0.1) is 17.1 Å². The van der Waals surface area contributed by atoms with E-state index in [2.05, 4.69) is 15.6 Å². The number of nitrogens with zero attached hydrogens (tertiary/aromatic N) is 1. The van der Waals surface area contributed by atoms with Crippen LogP contribution in [0.2, 0.25) is 5.02 Å². The van der Waals surface area contributed by atoms with E-state index in [4.69, 9.17) is 11.6 Å². The third-order valence-corrected chi connectivity index (χ3v) is 3.49. The fraction of sp³-hybridized carbons (Fsp3) is 0.214. The molecule has 0 aliphatic carbocycles. The van der Waals surface area contributed by atoms with Crippen molar-refractivity contribution in [2.45, 2.75) is 6.42 Å². The Bertz CT molecular complexity index is 702. The smallest absolute Gasteiger partial charge is 0.229 e. The van der Waals surface area contributed by atoms with Gasteiger partial charge in [0.1, 0.15) is 0 Å². The second-order valence-corrected chi connectivity index (χ2v) is 5.16. The zero-order valence-corrected chi connectivity index (χ0v) is 11.3. The molecule has 2 heterocycles. The molecule has 1 aromatic carbocycles. The van der Waals surface area contributed by atoms with Gasteiger partial charge in [0.2, 0.25) is 11.8 Å². The second kappa shape index (κ2) is 5.09. The number of rotatable bonds is 2. The molecule has 1 atom stereocenters. The Morgan fingerprint density at radius 2 is 2.30 bits per heavy atom. The summed E-state index contributed by atoms with van der Waals surface area (Å²) in [6, 6.07) is 7.15. The maximum Gasteiger partial charge on any atom is 0.229 e. The van der Waals surface area contributed by atoms with E-state index in [1.165, 1.54) is 0 Å². The molecule has 6 heteroatoms. The molecule has 1 fully saturated rings. The van der Waals surface area contributed by atoms with E-state index in [0.29, 0.717) is 22.8 Å². The van der Waals surface area contributed by atoms with Crippen molar-refractivity contribution in [3.8, 4) is 0 Å². The Hall–Kier alpha value is -2.14. The van der Waals surface area contributed by atoms with Crippen molar-refractivity contribution in [3.05, 3.63) is 35.5 Å². The monoisotopic (exact) mass is 289 g/mol. The maximum absolute atomic E-state index is 12.1. The highest BCUT2D eigenvalue weighted by atomic mass is 35.5. The maximum atomic E-state index is 12.1. The third-order valence-electron chi connectivity index (χ3n) is 3.28. The van der Waals surface area contributed by atoms with Gasteiger partial charge >= 0.3 is 0 Å². The number of benzene rings is 1. The van der Waals surface area contributed by atoms with Crippen molar-refractivity contribution < 1.29 is 9.59 Å². The number of fused-ring (bicyclic) bond motifs is 1. The van der Waals surface area contributed by atoms with Crippen molar-refractivity contribution in [3.63, 3.8) is 0 Å². The van der Waals surface area contributed by atoms with E-state index in [1.54, 1.807) is 18.3 Å². The largest absolute Gasteiger partial charge is 0.355 e. The van der Waals surface area contributed by atoms with E-state index < -0.39 is 0 Å². The molecule has 0 radical (unpaired) electrons. The molecule has 2 amide bonds. The van der Waals surface area contributed by atoms with Crippen LogP contribution in [0.1, 0.15) is 6.42 Å². The SMILES string of the molecule is O=C1CC(C(=O)Nc2cc(Cl)cc3cccnc23)CN1. The fourth-order valence-corrected chi connectivity index (χ4v) is 2.50. The number of hydrogen-bond acceptors (Lipinski definition) is 3. The predicted octanol–water partition coefficient (Wildman–Crippen LogP) is 1.96. The Morgan fingerprint density at radius 1 is 1.45 bits per heavy atom. The molecule has 3 rings (SSSR count). The van der Waals surface area contributed by atoms with E-state index in [1.807, 2.05) is 12.1 Å². The highest BCUT2D eigenvalue weighted by Crippen LogP contribution is 2.27. The van der Waals surface area contributed by atoms with Crippen LogP contribution < -0.4 is 10.6 Å². The zero-order valence-electron chi connectivity index (χ0n) is 10.5. The summed E-state index contributed by atoms with van der Waals surface area (Å²) in [6.45, 7) is 0.372. The number of hydrogen-bond donors (Lipinski definition) is 2. The minimum atomic E-state index is -0.347. The van der Waals surface area contributed by atoms with Crippen molar-refractivity contribution >= 4 is 40.0 Å². The summed E-state index contributed by atoms with van der Waals surface area (Å²) in [5.74, 6) is -0.642. The second-order valence-electron chi connectivity index (χ2n) is 4.72. The molecule has 1 saturated heterocycles. The lowest BCUT2D eigenvalue weighted by Crippen LogP contribution is -2.24. The number of halogens is 1. The highest BCUT2D eigenvalue weighted by Gasteiger charge is 2.28. The van der Waals surface area contributed by atoms with Gasteiger partial charge in [-0.1, -0.05) is 17.7 Å². The Labute approximate surface area is 120 Å². The van der Waals surface area contributed by atoms with E-state index >= 15 is 0 Å². The number of carbonyl (C=O) groups is 2. The van der Waals surface area contributed by atoms with Gasteiger partial charge in [-0.2, -0.15) is 0 Å². The number of carbonyl (C=O) groups excluding carboxylic acids is 2. The Kier molecular flexibility index (Phi) is 3.28. The van der Waals surface area contributed by atoms with Crippen LogP contribution in [0.15, 0.2) is 30.5 Å². The molecule has 5 nitrogen and oxygen atoms in total. The van der Waals surface area contributed by atoms with Gasteiger partial charge in [0.25, 0.3) is 0 Å². The molecule has 20 heavy (non-hydrogen) atoms. The zero-order chi connectivity index (χ0) is 14.1.